The molecule has 0 aliphatic carbocycles. The number of anilines is 1. The van der Waals surface area contributed by atoms with Crippen LogP contribution in [0.1, 0.15) is 21.7 Å². The van der Waals surface area contributed by atoms with Gasteiger partial charge in [-0.1, -0.05) is 30.3 Å². The van der Waals surface area contributed by atoms with Crippen molar-refractivity contribution in [2.24, 2.45) is 0 Å². The minimum atomic E-state index is -0.374. The molecule has 0 atom stereocenters. The lowest BCUT2D eigenvalue weighted by atomic mass is 10.2. The monoisotopic (exact) mass is 360 g/mol. The van der Waals surface area contributed by atoms with E-state index in [-0.39, 0.29) is 17.6 Å². The van der Waals surface area contributed by atoms with E-state index in [1.54, 1.807) is 24.0 Å². The second kappa shape index (κ2) is 6.15. The number of carbonyl (C=O) groups excluding carboxylic acids is 1. The average Bonchev–Trinajstić information content (AvgIpc) is 3.06. The Kier molecular flexibility index (Phi) is 4.06. The van der Waals surface area contributed by atoms with Gasteiger partial charge >= 0.3 is 0 Å². The fourth-order valence-electron chi connectivity index (χ4n) is 2.03. The molecule has 7 heteroatoms. The number of hydrogen-bond donors (Lipinski definition) is 1. The van der Waals surface area contributed by atoms with Gasteiger partial charge in [-0.15, -0.1) is 5.10 Å². The van der Waals surface area contributed by atoms with Crippen LogP contribution >= 0.6 is 15.9 Å². The van der Waals surface area contributed by atoms with E-state index in [1.807, 2.05) is 30.3 Å². The fraction of sp³-hybridized carbons (Fsp3) is 0.133. The number of nitrogens with zero attached hydrogens (tertiary/aromatic N) is 3. The van der Waals surface area contributed by atoms with Crippen LogP contribution in [0.25, 0.3) is 0 Å². The van der Waals surface area contributed by atoms with Crippen LogP contribution in [-0.4, -0.2) is 20.7 Å². The molecule has 0 aliphatic rings. The lowest BCUT2D eigenvalue weighted by Gasteiger charge is -2.00. The van der Waals surface area contributed by atoms with Crippen LogP contribution in [0.15, 0.2) is 51.8 Å². The smallest absolute Gasteiger partial charge is 0.294 e. The second-order valence-electron chi connectivity index (χ2n) is 4.77. The Bertz CT molecular complexity index is 795. The molecule has 0 saturated heterocycles. The summed E-state index contributed by atoms with van der Waals surface area (Å²) in [7, 11) is 0. The number of rotatable bonds is 4. The molecular formula is C15H13BrN4O2. The third kappa shape index (κ3) is 3.25. The summed E-state index contributed by atoms with van der Waals surface area (Å²) in [6.45, 7) is 2.39. The van der Waals surface area contributed by atoms with Gasteiger partial charge in [0.05, 0.1) is 6.54 Å². The van der Waals surface area contributed by atoms with E-state index in [9.17, 15) is 4.79 Å². The summed E-state index contributed by atoms with van der Waals surface area (Å²) < 4.78 is 7.47. The maximum Gasteiger partial charge on any atom is 0.294 e. The number of furan rings is 1. The normalized spacial score (nSPS) is 10.6. The predicted octanol–water partition coefficient (Wildman–Crippen LogP) is 3.24. The van der Waals surface area contributed by atoms with Crippen LogP contribution in [0.2, 0.25) is 0 Å². The highest BCUT2D eigenvalue weighted by Crippen LogP contribution is 2.20. The standard InChI is InChI=1S/C15H13BrN4O2/c1-10-7-12(16)22-13(10)14(21)18-15-17-9-20(19-15)8-11-5-3-2-4-6-11/h2-7,9H,8H2,1H3,(H,18,19,21). The van der Waals surface area contributed by atoms with Gasteiger partial charge in [0.25, 0.3) is 5.91 Å². The van der Waals surface area contributed by atoms with Crippen molar-refractivity contribution in [2.45, 2.75) is 13.5 Å². The number of benzene rings is 1. The number of hydrogen-bond acceptors (Lipinski definition) is 4. The molecule has 0 aliphatic heterocycles. The molecule has 0 fully saturated rings. The molecule has 1 N–H and O–H groups in total. The van der Waals surface area contributed by atoms with Crippen LogP contribution in [0.4, 0.5) is 5.95 Å². The first-order chi connectivity index (χ1) is 10.6. The minimum absolute atomic E-state index is 0.242. The van der Waals surface area contributed by atoms with Gasteiger partial charge in [0.15, 0.2) is 10.4 Å². The third-order valence-electron chi connectivity index (χ3n) is 3.04. The summed E-state index contributed by atoms with van der Waals surface area (Å²) >= 11 is 3.20. The quantitative estimate of drug-likeness (QED) is 0.774. The van der Waals surface area contributed by atoms with Gasteiger partial charge in [-0.3, -0.25) is 10.1 Å². The van der Waals surface area contributed by atoms with Gasteiger partial charge < -0.3 is 4.42 Å². The molecule has 0 unspecified atom stereocenters. The van der Waals surface area contributed by atoms with E-state index in [1.165, 1.54) is 0 Å². The molecule has 0 radical (unpaired) electrons. The zero-order valence-electron chi connectivity index (χ0n) is 11.8. The summed E-state index contributed by atoms with van der Waals surface area (Å²) in [5, 5.41) is 6.85. The number of nitrogens with one attached hydrogen (secondary N) is 1. The van der Waals surface area contributed by atoms with Crippen molar-refractivity contribution in [3.8, 4) is 0 Å². The Morgan fingerprint density at radius 1 is 1.36 bits per heavy atom. The molecule has 2 heterocycles. The first kappa shape index (κ1) is 14.5. The van der Waals surface area contributed by atoms with Crippen molar-refractivity contribution < 1.29 is 9.21 Å². The Morgan fingerprint density at radius 2 is 2.14 bits per heavy atom. The summed E-state index contributed by atoms with van der Waals surface area (Å²) in [5.41, 5.74) is 1.85. The van der Waals surface area contributed by atoms with E-state index in [0.29, 0.717) is 11.2 Å². The number of carbonyl (C=O) groups is 1. The molecule has 0 spiro atoms. The molecule has 0 bridgehead atoms. The van der Waals surface area contributed by atoms with Gasteiger partial charge in [-0.25, -0.2) is 9.67 Å². The van der Waals surface area contributed by atoms with Crippen molar-refractivity contribution in [3.05, 3.63) is 64.3 Å². The third-order valence-corrected chi connectivity index (χ3v) is 3.43. The average molecular weight is 361 g/mol. The summed E-state index contributed by atoms with van der Waals surface area (Å²) in [6, 6.07) is 11.6. The fourth-order valence-corrected chi connectivity index (χ4v) is 2.53. The summed E-state index contributed by atoms with van der Waals surface area (Å²) in [5.74, 6) is 0.111. The van der Waals surface area contributed by atoms with E-state index in [2.05, 4.69) is 31.3 Å². The summed E-state index contributed by atoms with van der Waals surface area (Å²) in [4.78, 5) is 16.2. The molecule has 1 aromatic carbocycles. The van der Waals surface area contributed by atoms with E-state index < -0.39 is 0 Å². The first-order valence-corrected chi connectivity index (χ1v) is 7.42. The Morgan fingerprint density at radius 3 is 2.82 bits per heavy atom. The highest BCUT2D eigenvalue weighted by molar-refractivity contribution is 9.10. The zero-order valence-corrected chi connectivity index (χ0v) is 13.4. The van der Waals surface area contributed by atoms with E-state index in [4.69, 9.17) is 4.42 Å². The van der Waals surface area contributed by atoms with Crippen LogP contribution in [0.3, 0.4) is 0 Å². The van der Waals surface area contributed by atoms with Crippen molar-refractivity contribution in [2.75, 3.05) is 5.32 Å². The Hall–Kier alpha value is -2.41. The highest BCUT2D eigenvalue weighted by Gasteiger charge is 2.16. The topological polar surface area (TPSA) is 73.0 Å². The number of aryl methyl sites for hydroxylation is 1. The van der Waals surface area contributed by atoms with Gasteiger partial charge in [0.1, 0.15) is 6.33 Å². The van der Waals surface area contributed by atoms with Crippen molar-refractivity contribution >= 4 is 27.8 Å². The van der Waals surface area contributed by atoms with Gasteiger partial charge in [0, 0.05) is 5.56 Å². The summed E-state index contributed by atoms with van der Waals surface area (Å²) in [6.07, 6.45) is 1.58. The van der Waals surface area contributed by atoms with Crippen molar-refractivity contribution in [1.82, 2.24) is 14.8 Å². The molecule has 3 rings (SSSR count). The maximum absolute atomic E-state index is 12.1. The molecule has 2 aromatic heterocycles. The molecule has 3 aromatic rings. The van der Waals surface area contributed by atoms with E-state index in [0.717, 1.165) is 11.1 Å². The molecule has 6 nitrogen and oxygen atoms in total. The van der Waals surface area contributed by atoms with Crippen molar-refractivity contribution in [3.63, 3.8) is 0 Å². The van der Waals surface area contributed by atoms with Crippen LogP contribution in [0, 0.1) is 6.92 Å². The largest absolute Gasteiger partial charge is 0.444 e. The number of amides is 1. The first-order valence-electron chi connectivity index (χ1n) is 6.62. The number of aromatic nitrogens is 3. The molecule has 22 heavy (non-hydrogen) atoms. The van der Waals surface area contributed by atoms with Crippen molar-refractivity contribution in [1.29, 1.82) is 0 Å². The second-order valence-corrected chi connectivity index (χ2v) is 5.55. The predicted molar refractivity (Wildman–Crippen MR) is 84.7 cm³/mol. The van der Waals surface area contributed by atoms with Crippen LogP contribution < -0.4 is 5.32 Å². The molecule has 1 amide bonds. The molecular weight excluding hydrogens is 348 g/mol. The maximum atomic E-state index is 12.1. The lowest BCUT2D eigenvalue weighted by Crippen LogP contribution is -2.13. The lowest BCUT2D eigenvalue weighted by molar-refractivity contribution is 0.0993. The number of halogens is 1. The molecule has 112 valence electrons. The highest BCUT2D eigenvalue weighted by atomic mass is 79.9. The van der Waals surface area contributed by atoms with Gasteiger partial charge in [0.2, 0.25) is 5.95 Å². The van der Waals surface area contributed by atoms with E-state index >= 15 is 0 Å². The van der Waals surface area contributed by atoms with Crippen LogP contribution in [-0.2, 0) is 6.54 Å². The zero-order chi connectivity index (χ0) is 15.5. The van der Waals surface area contributed by atoms with Crippen LogP contribution in [0.5, 0.6) is 0 Å². The Labute approximate surface area is 135 Å². The Balaban J connectivity index is 1.69. The van der Waals surface area contributed by atoms with Gasteiger partial charge in [-0.05, 0) is 34.5 Å². The minimum Gasteiger partial charge on any atom is -0.444 e. The van der Waals surface area contributed by atoms with Gasteiger partial charge in [-0.2, -0.15) is 0 Å². The SMILES string of the molecule is Cc1cc(Br)oc1C(=O)Nc1ncn(Cc2ccccc2)n1. The molecule has 0 saturated carbocycles.